The number of fused-ring (bicyclic) bond motifs is 1. The first kappa shape index (κ1) is 15.1. The number of rotatable bonds is 4. The number of hydrogen-bond acceptors (Lipinski definition) is 4. The van der Waals surface area contributed by atoms with Crippen molar-refractivity contribution in [3.63, 3.8) is 0 Å². The summed E-state index contributed by atoms with van der Waals surface area (Å²) in [5.41, 5.74) is 3.69. The molecule has 0 N–H and O–H groups in total. The molecular weight excluding hydrogens is 296 g/mol. The van der Waals surface area contributed by atoms with Gasteiger partial charge in [0.2, 0.25) is 0 Å². The van der Waals surface area contributed by atoms with E-state index in [1.807, 2.05) is 24.7 Å². The summed E-state index contributed by atoms with van der Waals surface area (Å²) in [6.45, 7) is 3.16. The lowest BCUT2D eigenvalue weighted by atomic mass is 10.1. The molecule has 122 valence electrons. The van der Waals surface area contributed by atoms with Gasteiger partial charge >= 0.3 is 0 Å². The van der Waals surface area contributed by atoms with Crippen molar-refractivity contribution in [3.05, 3.63) is 66.6 Å². The third kappa shape index (κ3) is 3.10. The van der Waals surface area contributed by atoms with Gasteiger partial charge in [0.1, 0.15) is 0 Å². The van der Waals surface area contributed by atoms with Gasteiger partial charge < -0.3 is 4.90 Å². The van der Waals surface area contributed by atoms with E-state index < -0.39 is 0 Å². The molecule has 0 bridgehead atoms. The fourth-order valence-corrected chi connectivity index (χ4v) is 3.53. The number of hydrogen-bond donors (Lipinski definition) is 0. The molecule has 1 aliphatic heterocycles. The largest absolute Gasteiger partial charge is 0.370 e. The van der Waals surface area contributed by atoms with Gasteiger partial charge in [-0.25, -0.2) is 0 Å². The van der Waals surface area contributed by atoms with Crippen molar-refractivity contribution >= 4 is 16.6 Å². The number of aromatic nitrogens is 2. The Bertz CT molecular complexity index is 818. The molecule has 4 nitrogen and oxygen atoms in total. The van der Waals surface area contributed by atoms with Gasteiger partial charge in [-0.15, -0.1) is 0 Å². The first-order valence-corrected chi connectivity index (χ1v) is 8.48. The van der Waals surface area contributed by atoms with Gasteiger partial charge in [-0.2, -0.15) is 0 Å². The summed E-state index contributed by atoms with van der Waals surface area (Å²) >= 11 is 0. The molecule has 3 aromatic rings. The Morgan fingerprint density at radius 3 is 2.88 bits per heavy atom. The lowest BCUT2D eigenvalue weighted by Gasteiger charge is -2.25. The minimum Gasteiger partial charge on any atom is -0.370 e. The molecular formula is C20H22N4. The lowest BCUT2D eigenvalue weighted by Crippen LogP contribution is -2.34. The summed E-state index contributed by atoms with van der Waals surface area (Å²) in [6, 6.07) is 15.5. The predicted molar refractivity (Wildman–Crippen MR) is 98.1 cm³/mol. The Kier molecular flexibility index (Phi) is 4.13. The fraction of sp³-hybridized carbons (Fsp3) is 0.300. The molecule has 2 aromatic heterocycles. The summed E-state index contributed by atoms with van der Waals surface area (Å²) < 4.78 is 0. The maximum Gasteiger partial charge on any atom is 0.0702 e. The van der Waals surface area contributed by atoms with Crippen molar-refractivity contribution < 1.29 is 0 Å². The third-order valence-electron chi connectivity index (χ3n) is 4.91. The van der Waals surface area contributed by atoms with E-state index in [0.29, 0.717) is 6.04 Å². The van der Waals surface area contributed by atoms with Crippen LogP contribution in [0.15, 0.2) is 61.1 Å². The van der Waals surface area contributed by atoms with Crippen molar-refractivity contribution in [2.75, 3.05) is 25.0 Å². The van der Waals surface area contributed by atoms with Crippen LogP contribution in [0.3, 0.4) is 0 Å². The molecule has 0 aliphatic carbocycles. The van der Waals surface area contributed by atoms with Crippen molar-refractivity contribution in [2.45, 2.75) is 19.0 Å². The molecule has 0 spiro atoms. The van der Waals surface area contributed by atoms with Crippen LogP contribution in [0.2, 0.25) is 0 Å². The van der Waals surface area contributed by atoms with E-state index in [1.165, 1.54) is 23.1 Å². The first-order chi connectivity index (χ1) is 11.8. The molecule has 1 fully saturated rings. The molecule has 4 rings (SSSR count). The predicted octanol–water partition coefficient (Wildman–Crippen LogP) is 3.34. The van der Waals surface area contributed by atoms with Crippen LogP contribution in [-0.2, 0) is 6.54 Å². The zero-order valence-electron chi connectivity index (χ0n) is 14.0. The summed E-state index contributed by atoms with van der Waals surface area (Å²) in [6.07, 6.45) is 6.79. The molecule has 0 radical (unpaired) electrons. The molecule has 3 heterocycles. The Morgan fingerprint density at radius 2 is 2.00 bits per heavy atom. The van der Waals surface area contributed by atoms with E-state index in [1.54, 1.807) is 0 Å². The van der Waals surface area contributed by atoms with E-state index >= 15 is 0 Å². The van der Waals surface area contributed by atoms with E-state index in [2.05, 4.69) is 63.2 Å². The Labute approximate surface area is 142 Å². The van der Waals surface area contributed by atoms with Crippen molar-refractivity contribution in [2.24, 2.45) is 0 Å². The van der Waals surface area contributed by atoms with Crippen LogP contribution >= 0.6 is 0 Å². The van der Waals surface area contributed by atoms with Gasteiger partial charge in [0, 0.05) is 55.3 Å². The highest BCUT2D eigenvalue weighted by molar-refractivity contribution is 5.78. The van der Waals surface area contributed by atoms with Gasteiger partial charge in [0.25, 0.3) is 0 Å². The SMILES string of the molecule is CN(Cc1ccc2ncccc2c1)C1CCN(c2ccncc2)C1. The summed E-state index contributed by atoms with van der Waals surface area (Å²) in [7, 11) is 2.23. The molecule has 0 saturated carbocycles. The van der Waals surface area contributed by atoms with E-state index in [9.17, 15) is 0 Å². The van der Waals surface area contributed by atoms with Crippen molar-refractivity contribution in [1.82, 2.24) is 14.9 Å². The van der Waals surface area contributed by atoms with E-state index in [4.69, 9.17) is 0 Å². The van der Waals surface area contributed by atoms with E-state index in [0.717, 1.165) is 25.2 Å². The zero-order valence-corrected chi connectivity index (χ0v) is 14.0. The van der Waals surface area contributed by atoms with Gasteiger partial charge in [-0.05, 0) is 49.4 Å². The lowest BCUT2D eigenvalue weighted by molar-refractivity contribution is 0.250. The van der Waals surface area contributed by atoms with Crippen LogP contribution in [0.5, 0.6) is 0 Å². The monoisotopic (exact) mass is 318 g/mol. The van der Waals surface area contributed by atoms with Crippen LogP contribution < -0.4 is 4.90 Å². The highest BCUT2D eigenvalue weighted by atomic mass is 15.2. The Balaban J connectivity index is 1.43. The van der Waals surface area contributed by atoms with Gasteiger partial charge in [0.15, 0.2) is 0 Å². The Hall–Kier alpha value is -2.46. The molecule has 1 unspecified atom stereocenters. The second-order valence-corrected chi connectivity index (χ2v) is 6.54. The topological polar surface area (TPSA) is 32.3 Å². The van der Waals surface area contributed by atoms with Crippen LogP contribution in [0, 0.1) is 0 Å². The van der Waals surface area contributed by atoms with Crippen LogP contribution in [0.25, 0.3) is 10.9 Å². The smallest absolute Gasteiger partial charge is 0.0702 e. The minimum atomic E-state index is 0.586. The zero-order chi connectivity index (χ0) is 16.4. The number of nitrogens with zero attached hydrogens (tertiary/aromatic N) is 4. The van der Waals surface area contributed by atoms with Crippen molar-refractivity contribution in [3.8, 4) is 0 Å². The second-order valence-electron chi connectivity index (χ2n) is 6.54. The van der Waals surface area contributed by atoms with Gasteiger partial charge in [-0.1, -0.05) is 12.1 Å². The molecule has 0 amide bonds. The van der Waals surface area contributed by atoms with Crippen LogP contribution in [-0.4, -0.2) is 41.0 Å². The molecule has 1 aromatic carbocycles. The fourth-order valence-electron chi connectivity index (χ4n) is 3.53. The van der Waals surface area contributed by atoms with E-state index in [-0.39, 0.29) is 0 Å². The summed E-state index contributed by atoms with van der Waals surface area (Å²) in [5.74, 6) is 0. The van der Waals surface area contributed by atoms with Crippen molar-refractivity contribution in [1.29, 1.82) is 0 Å². The first-order valence-electron chi connectivity index (χ1n) is 8.48. The molecule has 4 heteroatoms. The second kappa shape index (κ2) is 6.57. The third-order valence-corrected chi connectivity index (χ3v) is 4.91. The van der Waals surface area contributed by atoms with Crippen LogP contribution in [0.4, 0.5) is 5.69 Å². The average molecular weight is 318 g/mol. The normalized spacial score (nSPS) is 17.8. The average Bonchev–Trinajstić information content (AvgIpc) is 3.13. The molecule has 24 heavy (non-hydrogen) atoms. The van der Waals surface area contributed by atoms with Gasteiger partial charge in [0.05, 0.1) is 5.52 Å². The quantitative estimate of drug-likeness (QED) is 0.738. The maximum absolute atomic E-state index is 4.40. The number of likely N-dealkylation sites (N-methyl/N-ethyl adjacent to an activating group) is 1. The summed E-state index contributed by atoms with van der Waals surface area (Å²) in [4.78, 5) is 13.4. The minimum absolute atomic E-state index is 0.586. The number of pyridine rings is 2. The number of benzene rings is 1. The van der Waals surface area contributed by atoms with Gasteiger partial charge in [-0.3, -0.25) is 14.9 Å². The summed E-state index contributed by atoms with van der Waals surface area (Å²) in [5, 5.41) is 1.22. The highest BCUT2D eigenvalue weighted by Crippen LogP contribution is 2.23. The molecule has 1 atom stereocenters. The Morgan fingerprint density at radius 1 is 1.12 bits per heavy atom. The standard InChI is InChI=1S/C20H22N4/c1-23(14-16-4-5-20-17(13-16)3-2-9-22-20)19-8-12-24(15-19)18-6-10-21-11-7-18/h2-7,9-11,13,19H,8,12,14-15H2,1H3. The van der Waals surface area contributed by atoms with Crippen LogP contribution in [0.1, 0.15) is 12.0 Å². The highest BCUT2D eigenvalue weighted by Gasteiger charge is 2.25. The number of anilines is 1. The molecule has 1 saturated heterocycles. The molecule has 1 aliphatic rings. The maximum atomic E-state index is 4.40.